The molecule has 0 radical (unpaired) electrons. The minimum atomic E-state index is -0.308. The highest BCUT2D eigenvalue weighted by Gasteiger charge is 2.18. The smallest absolute Gasteiger partial charge is 0.273 e. The average molecular weight is 396 g/mol. The van der Waals surface area contributed by atoms with E-state index in [1.54, 1.807) is 42.9 Å². The monoisotopic (exact) mass is 396 g/mol. The van der Waals surface area contributed by atoms with E-state index in [0.29, 0.717) is 46.6 Å². The first-order valence-electron chi connectivity index (χ1n) is 9.25. The number of rotatable bonds is 6. The highest BCUT2D eigenvalue weighted by Crippen LogP contribution is 2.21. The van der Waals surface area contributed by atoms with Crippen molar-refractivity contribution in [3.05, 3.63) is 57.0 Å². The topological polar surface area (TPSA) is 135 Å². The quantitative estimate of drug-likeness (QED) is 0.488. The lowest BCUT2D eigenvalue weighted by Gasteiger charge is -2.13. The summed E-state index contributed by atoms with van der Waals surface area (Å²) in [6, 6.07) is 6.76. The zero-order valence-corrected chi connectivity index (χ0v) is 16.6. The van der Waals surface area contributed by atoms with Crippen LogP contribution in [0.5, 0.6) is 0 Å². The van der Waals surface area contributed by atoms with Crippen LogP contribution in [0.3, 0.4) is 0 Å². The number of aryl methyl sites for hydroxylation is 3. The van der Waals surface area contributed by atoms with Gasteiger partial charge in [0.2, 0.25) is 5.91 Å². The number of amides is 2. The molecule has 0 saturated heterocycles. The van der Waals surface area contributed by atoms with Crippen LogP contribution in [0.2, 0.25) is 0 Å². The number of carbonyl (C=O) groups excluding carboxylic acids is 2. The van der Waals surface area contributed by atoms with Gasteiger partial charge in [-0.05, 0) is 37.1 Å². The van der Waals surface area contributed by atoms with E-state index in [1.807, 2.05) is 6.92 Å². The molecule has 2 amide bonds. The maximum atomic E-state index is 12.7. The Morgan fingerprint density at radius 3 is 2.69 bits per heavy atom. The van der Waals surface area contributed by atoms with E-state index in [9.17, 15) is 14.4 Å². The number of aromatic nitrogens is 3. The molecule has 0 unspecified atom stereocenters. The maximum absolute atomic E-state index is 12.7. The molecule has 0 atom stereocenters. The van der Waals surface area contributed by atoms with Gasteiger partial charge in [0, 0.05) is 25.8 Å². The van der Waals surface area contributed by atoms with Crippen LogP contribution in [0.15, 0.2) is 29.1 Å². The van der Waals surface area contributed by atoms with Gasteiger partial charge in [-0.25, -0.2) is 4.98 Å². The number of fused-ring (bicyclic) bond motifs is 1. The van der Waals surface area contributed by atoms with Crippen molar-refractivity contribution in [3.8, 4) is 0 Å². The van der Waals surface area contributed by atoms with Crippen LogP contribution in [0.4, 0.5) is 5.69 Å². The molecule has 0 spiro atoms. The molecule has 29 heavy (non-hydrogen) atoms. The maximum Gasteiger partial charge on any atom is 0.273 e. The Morgan fingerprint density at radius 2 is 1.97 bits per heavy atom. The van der Waals surface area contributed by atoms with Gasteiger partial charge >= 0.3 is 0 Å². The third-order valence-electron chi connectivity index (χ3n) is 4.79. The minimum Gasteiger partial charge on any atom is -0.351 e. The third-order valence-corrected chi connectivity index (χ3v) is 4.79. The van der Waals surface area contributed by atoms with Gasteiger partial charge in [0.05, 0.1) is 23.1 Å². The van der Waals surface area contributed by atoms with Gasteiger partial charge in [-0.2, -0.15) is 0 Å². The Kier molecular flexibility index (Phi) is 5.79. The molecule has 2 heterocycles. The first-order chi connectivity index (χ1) is 13.8. The predicted molar refractivity (Wildman–Crippen MR) is 111 cm³/mol. The average Bonchev–Trinajstić information content (AvgIpc) is 2.97. The van der Waals surface area contributed by atoms with Gasteiger partial charge in [-0.15, -0.1) is 0 Å². The first kappa shape index (κ1) is 20.3. The van der Waals surface area contributed by atoms with Crippen LogP contribution in [-0.2, 0) is 18.3 Å². The number of benzene rings is 1. The van der Waals surface area contributed by atoms with Crippen LogP contribution >= 0.6 is 0 Å². The number of nitrogens with one attached hydrogen (secondary N) is 3. The normalized spacial score (nSPS) is 10.9. The van der Waals surface area contributed by atoms with Crippen molar-refractivity contribution in [2.45, 2.75) is 20.3 Å². The van der Waals surface area contributed by atoms with Crippen LogP contribution in [0, 0.1) is 13.8 Å². The Morgan fingerprint density at radius 1 is 1.24 bits per heavy atom. The Labute approximate surface area is 167 Å². The number of carbonyl (C=O) groups is 2. The summed E-state index contributed by atoms with van der Waals surface area (Å²) in [5.41, 5.74) is 8.59. The fourth-order valence-corrected chi connectivity index (χ4v) is 3.33. The molecule has 0 aliphatic carbocycles. The van der Waals surface area contributed by atoms with Crippen molar-refractivity contribution in [3.63, 3.8) is 0 Å². The first-order valence-corrected chi connectivity index (χ1v) is 9.25. The molecule has 0 aliphatic rings. The van der Waals surface area contributed by atoms with Crippen LogP contribution < -0.4 is 21.9 Å². The van der Waals surface area contributed by atoms with E-state index >= 15 is 0 Å². The molecular formula is C20H24N6O3. The van der Waals surface area contributed by atoms with Gasteiger partial charge in [0.15, 0.2) is 5.65 Å². The van der Waals surface area contributed by atoms with Crippen molar-refractivity contribution in [2.24, 2.45) is 12.8 Å². The molecule has 1 aromatic carbocycles. The van der Waals surface area contributed by atoms with Crippen molar-refractivity contribution >= 4 is 28.5 Å². The molecule has 3 aromatic rings. The second kappa shape index (κ2) is 8.27. The number of aromatic amines is 1. The van der Waals surface area contributed by atoms with Gasteiger partial charge in [0.1, 0.15) is 0 Å². The van der Waals surface area contributed by atoms with Crippen LogP contribution in [0.1, 0.15) is 27.2 Å². The number of para-hydroxylation sites is 1. The van der Waals surface area contributed by atoms with Gasteiger partial charge in [0.25, 0.3) is 11.5 Å². The summed E-state index contributed by atoms with van der Waals surface area (Å²) in [6.45, 7) is 4.29. The largest absolute Gasteiger partial charge is 0.351 e. The second-order valence-electron chi connectivity index (χ2n) is 6.81. The van der Waals surface area contributed by atoms with E-state index < -0.39 is 0 Å². The SMILES string of the molecule is Cc1nc2c(c(C)c1CC(=O)Nc1ccccc1C(=O)NCCN)c(=O)[nH]n2C. The fraction of sp³-hybridized carbons (Fsp3) is 0.300. The number of hydrogen-bond donors (Lipinski definition) is 4. The molecular weight excluding hydrogens is 372 g/mol. The third kappa shape index (κ3) is 4.04. The summed E-state index contributed by atoms with van der Waals surface area (Å²) >= 11 is 0. The molecule has 9 heteroatoms. The van der Waals surface area contributed by atoms with Crippen LogP contribution in [-0.4, -0.2) is 39.7 Å². The number of pyridine rings is 1. The second-order valence-corrected chi connectivity index (χ2v) is 6.81. The molecule has 0 aliphatic heterocycles. The highest BCUT2D eigenvalue weighted by atomic mass is 16.2. The summed E-state index contributed by atoms with van der Waals surface area (Å²) in [7, 11) is 1.72. The Bertz CT molecular complexity index is 1150. The van der Waals surface area contributed by atoms with E-state index in [4.69, 9.17) is 5.73 Å². The number of nitrogens with zero attached hydrogens (tertiary/aromatic N) is 2. The molecule has 3 rings (SSSR count). The fourth-order valence-electron chi connectivity index (χ4n) is 3.33. The van der Waals surface area contributed by atoms with E-state index in [1.165, 1.54) is 0 Å². The van der Waals surface area contributed by atoms with Gasteiger partial charge in [-0.3, -0.25) is 24.2 Å². The Hall–Kier alpha value is -3.46. The molecule has 9 nitrogen and oxygen atoms in total. The summed E-state index contributed by atoms with van der Waals surface area (Å²) in [5, 5.41) is 8.64. The number of hydrogen-bond acceptors (Lipinski definition) is 5. The van der Waals surface area contributed by atoms with Crippen molar-refractivity contribution < 1.29 is 9.59 Å². The number of nitrogens with two attached hydrogens (primary N) is 1. The molecule has 5 N–H and O–H groups in total. The highest BCUT2D eigenvalue weighted by molar-refractivity contribution is 6.04. The zero-order chi connectivity index (χ0) is 21.1. The van der Waals surface area contributed by atoms with Crippen molar-refractivity contribution in [1.29, 1.82) is 0 Å². The number of anilines is 1. The predicted octanol–water partition coefficient (Wildman–Crippen LogP) is 0.748. The zero-order valence-electron chi connectivity index (χ0n) is 16.6. The molecule has 0 saturated carbocycles. The molecule has 152 valence electrons. The molecule has 0 bridgehead atoms. The lowest BCUT2D eigenvalue weighted by Crippen LogP contribution is -2.30. The standard InChI is InChI=1S/C20H24N6O3/c1-11-14(12(2)23-18-17(11)20(29)25-26(18)3)10-16(27)24-15-7-5-4-6-13(15)19(28)22-9-8-21/h4-7H,8-10,21H2,1-3H3,(H,22,28)(H,24,27)(H,25,29). The van der Waals surface area contributed by atoms with E-state index in [0.717, 1.165) is 5.56 Å². The van der Waals surface area contributed by atoms with E-state index in [2.05, 4.69) is 20.7 Å². The minimum absolute atomic E-state index is 0.0354. The summed E-state index contributed by atoms with van der Waals surface area (Å²) in [5.74, 6) is -0.610. The summed E-state index contributed by atoms with van der Waals surface area (Å²) < 4.78 is 1.57. The number of H-pyrrole nitrogens is 1. The van der Waals surface area contributed by atoms with Crippen molar-refractivity contribution in [2.75, 3.05) is 18.4 Å². The van der Waals surface area contributed by atoms with E-state index in [-0.39, 0.29) is 23.8 Å². The lowest BCUT2D eigenvalue weighted by atomic mass is 10.0. The van der Waals surface area contributed by atoms with Crippen LogP contribution in [0.25, 0.3) is 11.0 Å². The van der Waals surface area contributed by atoms with Crippen molar-refractivity contribution in [1.82, 2.24) is 20.1 Å². The van der Waals surface area contributed by atoms with Gasteiger partial charge in [-0.1, -0.05) is 12.1 Å². The Balaban J connectivity index is 1.87. The molecule has 2 aromatic heterocycles. The molecule has 0 fully saturated rings. The summed E-state index contributed by atoms with van der Waals surface area (Å²) in [4.78, 5) is 41.7. The summed E-state index contributed by atoms with van der Waals surface area (Å²) in [6.07, 6.45) is 0.0354. The van der Waals surface area contributed by atoms with Gasteiger partial charge < -0.3 is 16.4 Å². The lowest BCUT2D eigenvalue weighted by molar-refractivity contribution is -0.115.